The van der Waals surface area contributed by atoms with Gasteiger partial charge >= 0.3 is 0 Å². The predicted molar refractivity (Wildman–Crippen MR) is 61.1 cm³/mol. The molecule has 0 saturated heterocycles. The standard InChI is InChI=1S/C10H15BrOS/c1-3-7(2)6-9(12)10-8(11)4-5-13-10/h4-5,7,9,12H,3,6H2,1-2H3. The number of thiophene rings is 1. The Morgan fingerprint density at radius 1 is 1.62 bits per heavy atom. The quantitative estimate of drug-likeness (QED) is 0.871. The van der Waals surface area contributed by atoms with E-state index < -0.39 is 0 Å². The van der Waals surface area contributed by atoms with Gasteiger partial charge in [0, 0.05) is 9.35 Å². The summed E-state index contributed by atoms with van der Waals surface area (Å²) in [6.07, 6.45) is 1.68. The second kappa shape index (κ2) is 5.13. The van der Waals surface area contributed by atoms with Crippen LogP contribution in [0, 0.1) is 5.92 Å². The minimum atomic E-state index is -0.302. The Morgan fingerprint density at radius 3 is 2.77 bits per heavy atom. The van der Waals surface area contributed by atoms with Crippen LogP contribution < -0.4 is 0 Å². The van der Waals surface area contributed by atoms with Crippen molar-refractivity contribution in [3.63, 3.8) is 0 Å². The molecular weight excluding hydrogens is 248 g/mol. The van der Waals surface area contributed by atoms with E-state index in [1.165, 1.54) is 0 Å². The van der Waals surface area contributed by atoms with E-state index in [1.807, 2.05) is 11.4 Å². The summed E-state index contributed by atoms with van der Waals surface area (Å²) in [5.74, 6) is 0.587. The van der Waals surface area contributed by atoms with Crippen molar-refractivity contribution in [2.75, 3.05) is 0 Å². The number of hydrogen-bond acceptors (Lipinski definition) is 2. The molecule has 74 valence electrons. The molecule has 1 rings (SSSR count). The van der Waals surface area contributed by atoms with Crippen molar-refractivity contribution in [3.05, 3.63) is 20.8 Å². The van der Waals surface area contributed by atoms with Crippen molar-refractivity contribution >= 4 is 27.3 Å². The first-order chi connectivity index (χ1) is 6.15. The van der Waals surface area contributed by atoms with Crippen LogP contribution in [-0.4, -0.2) is 5.11 Å². The Morgan fingerprint density at radius 2 is 2.31 bits per heavy atom. The van der Waals surface area contributed by atoms with Crippen LogP contribution in [0.3, 0.4) is 0 Å². The minimum Gasteiger partial charge on any atom is -0.388 e. The van der Waals surface area contributed by atoms with Crippen molar-refractivity contribution < 1.29 is 5.11 Å². The fourth-order valence-electron chi connectivity index (χ4n) is 1.20. The number of rotatable bonds is 4. The zero-order valence-electron chi connectivity index (χ0n) is 7.96. The molecule has 1 aromatic heterocycles. The molecular formula is C10H15BrOS. The molecule has 2 unspecified atom stereocenters. The van der Waals surface area contributed by atoms with Crippen LogP contribution in [0.4, 0.5) is 0 Å². The maximum atomic E-state index is 9.87. The first-order valence-corrected chi connectivity index (χ1v) is 6.23. The molecule has 13 heavy (non-hydrogen) atoms. The van der Waals surface area contributed by atoms with Gasteiger partial charge in [-0.3, -0.25) is 0 Å². The lowest BCUT2D eigenvalue weighted by molar-refractivity contribution is 0.149. The molecule has 1 N–H and O–H groups in total. The van der Waals surface area contributed by atoms with Crippen LogP contribution in [0.25, 0.3) is 0 Å². The minimum absolute atomic E-state index is 0.302. The van der Waals surface area contributed by atoms with Crippen LogP contribution in [0.15, 0.2) is 15.9 Å². The summed E-state index contributed by atoms with van der Waals surface area (Å²) < 4.78 is 1.04. The average molecular weight is 263 g/mol. The molecule has 0 amide bonds. The molecule has 0 aliphatic carbocycles. The summed E-state index contributed by atoms with van der Waals surface area (Å²) in [5.41, 5.74) is 0. The number of hydrogen-bond donors (Lipinski definition) is 1. The lowest BCUT2D eigenvalue weighted by Gasteiger charge is -2.13. The maximum absolute atomic E-state index is 9.87. The molecule has 0 saturated carbocycles. The maximum Gasteiger partial charge on any atom is 0.0895 e. The number of halogens is 1. The van der Waals surface area contributed by atoms with E-state index in [0.29, 0.717) is 5.92 Å². The molecule has 0 aromatic carbocycles. The first-order valence-electron chi connectivity index (χ1n) is 4.56. The van der Waals surface area contributed by atoms with E-state index >= 15 is 0 Å². The van der Waals surface area contributed by atoms with Gasteiger partial charge < -0.3 is 5.11 Å². The molecule has 1 aromatic rings. The van der Waals surface area contributed by atoms with Gasteiger partial charge in [-0.2, -0.15) is 0 Å². The van der Waals surface area contributed by atoms with Gasteiger partial charge in [0.15, 0.2) is 0 Å². The highest BCUT2D eigenvalue weighted by Gasteiger charge is 2.14. The lowest BCUT2D eigenvalue weighted by Crippen LogP contribution is -2.02. The third-order valence-corrected chi connectivity index (χ3v) is 4.24. The van der Waals surface area contributed by atoms with Gasteiger partial charge in [-0.05, 0) is 39.7 Å². The van der Waals surface area contributed by atoms with E-state index in [9.17, 15) is 5.11 Å². The van der Waals surface area contributed by atoms with Crippen molar-refractivity contribution in [3.8, 4) is 0 Å². The number of aliphatic hydroxyl groups is 1. The van der Waals surface area contributed by atoms with Crippen molar-refractivity contribution in [1.29, 1.82) is 0 Å². The van der Waals surface area contributed by atoms with E-state index in [-0.39, 0.29) is 6.10 Å². The third kappa shape index (κ3) is 3.08. The van der Waals surface area contributed by atoms with Crippen molar-refractivity contribution in [2.24, 2.45) is 5.92 Å². The Bertz CT molecular complexity index is 259. The molecule has 0 aliphatic rings. The van der Waals surface area contributed by atoms with Crippen LogP contribution >= 0.6 is 27.3 Å². The van der Waals surface area contributed by atoms with Crippen LogP contribution in [0.1, 0.15) is 37.7 Å². The normalized spacial score (nSPS) is 15.7. The second-order valence-corrected chi connectivity index (χ2v) is 5.20. The summed E-state index contributed by atoms with van der Waals surface area (Å²) in [5, 5.41) is 11.9. The molecule has 0 spiro atoms. The van der Waals surface area contributed by atoms with Gasteiger partial charge in [-0.1, -0.05) is 20.3 Å². The lowest BCUT2D eigenvalue weighted by atomic mass is 10.0. The summed E-state index contributed by atoms with van der Waals surface area (Å²) in [6.45, 7) is 4.32. The molecule has 0 radical (unpaired) electrons. The molecule has 0 aliphatic heterocycles. The summed E-state index contributed by atoms with van der Waals surface area (Å²) in [7, 11) is 0. The summed E-state index contributed by atoms with van der Waals surface area (Å²) in [4.78, 5) is 1.06. The van der Waals surface area contributed by atoms with Gasteiger partial charge in [0.2, 0.25) is 0 Å². The Balaban J connectivity index is 2.58. The first kappa shape index (κ1) is 11.2. The fraction of sp³-hybridized carbons (Fsp3) is 0.600. The number of aliphatic hydroxyl groups excluding tert-OH is 1. The van der Waals surface area contributed by atoms with Gasteiger partial charge in [0.25, 0.3) is 0 Å². The van der Waals surface area contributed by atoms with E-state index in [0.717, 1.165) is 22.2 Å². The van der Waals surface area contributed by atoms with E-state index in [1.54, 1.807) is 11.3 Å². The molecule has 0 bridgehead atoms. The highest BCUT2D eigenvalue weighted by molar-refractivity contribution is 9.10. The van der Waals surface area contributed by atoms with Gasteiger partial charge in [0.1, 0.15) is 0 Å². The second-order valence-electron chi connectivity index (χ2n) is 3.40. The smallest absolute Gasteiger partial charge is 0.0895 e. The SMILES string of the molecule is CCC(C)CC(O)c1sccc1Br. The predicted octanol–water partition coefficient (Wildman–Crippen LogP) is 3.98. The van der Waals surface area contributed by atoms with E-state index in [2.05, 4.69) is 29.8 Å². The van der Waals surface area contributed by atoms with Crippen molar-refractivity contribution in [1.82, 2.24) is 0 Å². The molecule has 3 heteroatoms. The largest absolute Gasteiger partial charge is 0.388 e. The molecule has 2 atom stereocenters. The topological polar surface area (TPSA) is 20.2 Å². The molecule has 0 fully saturated rings. The zero-order valence-corrected chi connectivity index (χ0v) is 10.4. The van der Waals surface area contributed by atoms with Gasteiger partial charge in [-0.25, -0.2) is 0 Å². The van der Waals surface area contributed by atoms with Crippen LogP contribution in [0.5, 0.6) is 0 Å². The molecule has 1 heterocycles. The Hall–Kier alpha value is 0.140. The highest BCUT2D eigenvalue weighted by atomic mass is 79.9. The zero-order chi connectivity index (χ0) is 9.84. The summed E-state index contributed by atoms with van der Waals surface area (Å²) in [6, 6.07) is 1.99. The summed E-state index contributed by atoms with van der Waals surface area (Å²) >= 11 is 5.04. The monoisotopic (exact) mass is 262 g/mol. The van der Waals surface area contributed by atoms with Crippen LogP contribution in [0.2, 0.25) is 0 Å². The fourth-order valence-corrected chi connectivity index (χ4v) is 2.83. The highest BCUT2D eigenvalue weighted by Crippen LogP contribution is 2.32. The van der Waals surface area contributed by atoms with Gasteiger partial charge in [0.05, 0.1) is 6.10 Å². The van der Waals surface area contributed by atoms with Gasteiger partial charge in [-0.15, -0.1) is 11.3 Å². The Labute approximate surface area is 91.9 Å². The third-order valence-electron chi connectivity index (χ3n) is 2.27. The average Bonchev–Trinajstić information content (AvgIpc) is 2.51. The van der Waals surface area contributed by atoms with E-state index in [4.69, 9.17) is 0 Å². The van der Waals surface area contributed by atoms with Crippen molar-refractivity contribution in [2.45, 2.75) is 32.8 Å². The Kier molecular flexibility index (Phi) is 4.42. The molecule has 1 nitrogen and oxygen atoms in total. The van der Waals surface area contributed by atoms with Crippen LogP contribution in [-0.2, 0) is 0 Å².